The molecule has 3 aromatic rings. The van der Waals surface area contributed by atoms with E-state index in [9.17, 15) is 14.9 Å². The first-order valence-corrected chi connectivity index (χ1v) is 7.87. The third-order valence-electron chi connectivity index (χ3n) is 3.97. The number of methoxy groups -OCH3 is 1. The summed E-state index contributed by atoms with van der Waals surface area (Å²) in [6, 6.07) is 8.09. The molecule has 0 atom stereocenters. The zero-order valence-corrected chi connectivity index (χ0v) is 14.5. The van der Waals surface area contributed by atoms with Crippen molar-refractivity contribution in [3.8, 4) is 5.75 Å². The summed E-state index contributed by atoms with van der Waals surface area (Å²) in [6.45, 7) is 3.89. The Bertz CT molecular complexity index is 1010. The predicted octanol–water partition coefficient (Wildman–Crippen LogP) is 3.54. The molecule has 0 aliphatic heterocycles. The highest BCUT2D eigenvalue weighted by atomic mass is 16.6. The van der Waals surface area contributed by atoms with Gasteiger partial charge in [-0.25, -0.2) is 0 Å². The van der Waals surface area contributed by atoms with Crippen LogP contribution in [0.1, 0.15) is 16.8 Å². The number of fused-ring (bicyclic) bond motifs is 1. The molecule has 1 heterocycles. The van der Waals surface area contributed by atoms with Crippen molar-refractivity contribution in [1.82, 2.24) is 5.16 Å². The number of carbonyl (C=O) groups excluding carboxylic acids is 1. The summed E-state index contributed by atoms with van der Waals surface area (Å²) in [5.41, 5.74) is 3.27. The number of anilines is 1. The molecule has 0 spiro atoms. The zero-order chi connectivity index (χ0) is 18.8. The molecule has 8 heteroatoms. The minimum atomic E-state index is -0.564. The van der Waals surface area contributed by atoms with Gasteiger partial charge >= 0.3 is 5.69 Å². The van der Waals surface area contributed by atoms with Gasteiger partial charge in [0.15, 0.2) is 11.3 Å². The quantitative estimate of drug-likeness (QED) is 0.554. The van der Waals surface area contributed by atoms with Gasteiger partial charge in [-0.2, -0.15) is 0 Å². The lowest BCUT2D eigenvalue weighted by molar-refractivity contribution is -0.385. The Balaban J connectivity index is 1.82. The molecule has 0 unspecified atom stereocenters. The molecule has 2 aromatic carbocycles. The van der Waals surface area contributed by atoms with Gasteiger partial charge in [0.1, 0.15) is 5.69 Å². The highest BCUT2D eigenvalue weighted by Crippen LogP contribution is 2.30. The molecule has 3 rings (SSSR count). The van der Waals surface area contributed by atoms with Crippen LogP contribution >= 0.6 is 0 Å². The molecule has 0 aliphatic rings. The number of benzene rings is 2. The second-order valence-electron chi connectivity index (χ2n) is 5.95. The normalized spacial score (nSPS) is 10.7. The van der Waals surface area contributed by atoms with E-state index in [0.29, 0.717) is 17.0 Å². The number of aromatic nitrogens is 1. The first-order valence-electron chi connectivity index (χ1n) is 7.87. The summed E-state index contributed by atoms with van der Waals surface area (Å²) in [5, 5.41) is 18.5. The van der Waals surface area contributed by atoms with Crippen LogP contribution in [0, 0.1) is 24.0 Å². The fourth-order valence-corrected chi connectivity index (χ4v) is 2.91. The summed E-state index contributed by atoms with van der Waals surface area (Å²) in [4.78, 5) is 22.9. The van der Waals surface area contributed by atoms with Crippen molar-refractivity contribution in [2.75, 3.05) is 12.4 Å². The average Bonchev–Trinajstić information content (AvgIpc) is 2.97. The van der Waals surface area contributed by atoms with Gasteiger partial charge in [0, 0.05) is 17.1 Å². The first-order chi connectivity index (χ1) is 12.4. The maximum atomic E-state index is 12.3. The standard InChI is InChI=1S/C18H17N3O5/c1-10-6-11(2)18-13(20-26-16(18)7-10)9-17(22)19-12-4-5-15(25-3)14(8-12)21(23)24/h4-8H,9H2,1-3H3,(H,19,22). The zero-order valence-electron chi connectivity index (χ0n) is 14.5. The summed E-state index contributed by atoms with van der Waals surface area (Å²) >= 11 is 0. The minimum Gasteiger partial charge on any atom is -0.490 e. The number of nitro groups is 1. The smallest absolute Gasteiger partial charge is 0.312 e. The second-order valence-corrected chi connectivity index (χ2v) is 5.95. The number of rotatable bonds is 5. The number of nitrogens with one attached hydrogen (secondary N) is 1. The van der Waals surface area contributed by atoms with Crippen LogP contribution in [0.5, 0.6) is 5.75 Å². The number of hydrogen-bond donors (Lipinski definition) is 1. The summed E-state index contributed by atoms with van der Waals surface area (Å²) in [7, 11) is 1.35. The van der Waals surface area contributed by atoms with Crippen LogP contribution in [0.4, 0.5) is 11.4 Å². The lowest BCUT2D eigenvalue weighted by Gasteiger charge is -2.07. The lowest BCUT2D eigenvalue weighted by Crippen LogP contribution is -2.15. The number of aryl methyl sites for hydroxylation is 2. The number of nitrogens with zero attached hydrogens (tertiary/aromatic N) is 2. The van der Waals surface area contributed by atoms with E-state index >= 15 is 0 Å². The first kappa shape index (κ1) is 17.4. The Hall–Kier alpha value is -3.42. The minimum absolute atomic E-state index is 0.00325. The molecule has 1 aromatic heterocycles. The molecule has 8 nitrogen and oxygen atoms in total. The number of nitro benzene ring substituents is 1. The second kappa shape index (κ2) is 6.83. The number of hydrogen-bond acceptors (Lipinski definition) is 6. The van der Waals surface area contributed by atoms with Gasteiger partial charge in [0.2, 0.25) is 5.91 Å². The molecule has 0 aliphatic carbocycles. The SMILES string of the molecule is COc1ccc(NC(=O)Cc2noc3cc(C)cc(C)c23)cc1[N+](=O)[O-]. The van der Waals surface area contributed by atoms with Crippen molar-refractivity contribution in [3.63, 3.8) is 0 Å². The third-order valence-corrected chi connectivity index (χ3v) is 3.97. The van der Waals surface area contributed by atoms with Crippen molar-refractivity contribution in [1.29, 1.82) is 0 Å². The van der Waals surface area contributed by atoms with Crippen molar-refractivity contribution < 1.29 is 19.0 Å². The van der Waals surface area contributed by atoms with Gasteiger partial charge in [-0.15, -0.1) is 0 Å². The van der Waals surface area contributed by atoms with Gasteiger partial charge in [-0.05, 0) is 43.2 Å². The average molecular weight is 355 g/mol. The Morgan fingerprint density at radius 2 is 2.08 bits per heavy atom. The Labute approximate surface area is 148 Å². The molecule has 0 saturated heterocycles. The van der Waals surface area contributed by atoms with Crippen LogP contribution in [0.2, 0.25) is 0 Å². The van der Waals surface area contributed by atoms with Crippen LogP contribution in [0.3, 0.4) is 0 Å². The molecule has 26 heavy (non-hydrogen) atoms. The van der Waals surface area contributed by atoms with Crippen molar-refractivity contribution in [3.05, 3.63) is 57.3 Å². The van der Waals surface area contributed by atoms with Crippen molar-refractivity contribution in [2.45, 2.75) is 20.3 Å². The molecule has 0 bridgehead atoms. The van der Waals surface area contributed by atoms with E-state index in [0.717, 1.165) is 16.5 Å². The summed E-state index contributed by atoms with van der Waals surface area (Å²) in [5.74, 6) is -0.221. The number of amides is 1. The predicted molar refractivity (Wildman–Crippen MR) is 95.5 cm³/mol. The van der Waals surface area contributed by atoms with Crippen LogP contribution in [-0.4, -0.2) is 23.1 Å². The van der Waals surface area contributed by atoms with Crippen LogP contribution < -0.4 is 10.1 Å². The Kier molecular flexibility index (Phi) is 4.57. The molecule has 1 amide bonds. The maximum absolute atomic E-state index is 12.3. The molecule has 0 saturated carbocycles. The summed E-state index contributed by atoms with van der Waals surface area (Å²) < 4.78 is 10.3. The molecule has 134 valence electrons. The number of ether oxygens (including phenoxy) is 1. The van der Waals surface area contributed by atoms with E-state index < -0.39 is 4.92 Å². The number of carbonyl (C=O) groups is 1. The summed E-state index contributed by atoms with van der Waals surface area (Å²) in [6.07, 6.45) is -0.00325. The highest BCUT2D eigenvalue weighted by Gasteiger charge is 2.18. The van der Waals surface area contributed by atoms with E-state index in [2.05, 4.69) is 10.5 Å². The molecular weight excluding hydrogens is 338 g/mol. The monoisotopic (exact) mass is 355 g/mol. The van der Waals surface area contributed by atoms with E-state index in [4.69, 9.17) is 9.26 Å². The van der Waals surface area contributed by atoms with E-state index in [1.807, 2.05) is 26.0 Å². The van der Waals surface area contributed by atoms with E-state index in [1.165, 1.54) is 19.2 Å². The van der Waals surface area contributed by atoms with Gasteiger partial charge < -0.3 is 14.6 Å². The fraction of sp³-hybridized carbons (Fsp3) is 0.222. The van der Waals surface area contributed by atoms with Gasteiger partial charge in [0.05, 0.1) is 18.5 Å². The van der Waals surface area contributed by atoms with E-state index in [1.54, 1.807) is 6.07 Å². The highest BCUT2D eigenvalue weighted by molar-refractivity contribution is 5.95. The van der Waals surface area contributed by atoms with Crippen molar-refractivity contribution >= 4 is 28.3 Å². The van der Waals surface area contributed by atoms with Crippen LogP contribution in [0.15, 0.2) is 34.9 Å². The molecular formula is C18H17N3O5. The Morgan fingerprint density at radius 3 is 2.77 bits per heavy atom. The topological polar surface area (TPSA) is 108 Å². The molecule has 0 fully saturated rings. The molecule has 1 N–H and O–H groups in total. The van der Waals surface area contributed by atoms with Crippen molar-refractivity contribution in [2.24, 2.45) is 0 Å². The van der Waals surface area contributed by atoms with Gasteiger partial charge in [-0.1, -0.05) is 11.2 Å². The maximum Gasteiger partial charge on any atom is 0.312 e. The molecule has 0 radical (unpaired) electrons. The van der Waals surface area contributed by atoms with Crippen LogP contribution in [0.25, 0.3) is 11.0 Å². The van der Waals surface area contributed by atoms with Crippen LogP contribution in [-0.2, 0) is 11.2 Å². The third kappa shape index (κ3) is 3.34. The van der Waals surface area contributed by atoms with E-state index in [-0.39, 0.29) is 23.8 Å². The largest absolute Gasteiger partial charge is 0.490 e. The fourth-order valence-electron chi connectivity index (χ4n) is 2.91. The Morgan fingerprint density at radius 1 is 1.31 bits per heavy atom. The van der Waals surface area contributed by atoms with Gasteiger partial charge in [0.25, 0.3) is 0 Å². The van der Waals surface area contributed by atoms with Gasteiger partial charge in [-0.3, -0.25) is 14.9 Å². The lowest BCUT2D eigenvalue weighted by atomic mass is 10.0.